The highest BCUT2D eigenvalue weighted by Crippen LogP contribution is 2.14. The minimum absolute atomic E-state index is 0.0815. The lowest BCUT2D eigenvalue weighted by atomic mass is 10.1. The molecule has 1 atom stereocenters. The SMILES string of the molecule is OCc1cccc(NCC2CCC=CO2)c1. The van der Waals surface area contributed by atoms with Gasteiger partial charge in [-0.3, -0.25) is 0 Å². The highest BCUT2D eigenvalue weighted by molar-refractivity contribution is 5.45. The second-order valence-electron chi connectivity index (χ2n) is 3.95. The molecule has 1 aromatic rings. The minimum atomic E-state index is 0.0815. The summed E-state index contributed by atoms with van der Waals surface area (Å²) in [5.41, 5.74) is 1.96. The number of nitrogens with one attached hydrogen (secondary N) is 1. The van der Waals surface area contributed by atoms with E-state index in [0.717, 1.165) is 30.6 Å². The number of ether oxygens (including phenoxy) is 1. The topological polar surface area (TPSA) is 41.5 Å². The molecule has 0 fully saturated rings. The fourth-order valence-electron chi connectivity index (χ4n) is 1.75. The van der Waals surface area contributed by atoms with Gasteiger partial charge < -0.3 is 15.2 Å². The van der Waals surface area contributed by atoms with Crippen LogP contribution in [0.3, 0.4) is 0 Å². The summed E-state index contributed by atoms with van der Waals surface area (Å²) < 4.78 is 5.46. The molecule has 1 heterocycles. The number of hydrogen-bond acceptors (Lipinski definition) is 3. The Hall–Kier alpha value is -1.48. The van der Waals surface area contributed by atoms with Crippen LogP contribution in [0.1, 0.15) is 18.4 Å². The molecule has 0 amide bonds. The minimum Gasteiger partial charge on any atom is -0.497 e. The van der Waals surface area contributed by atoms with Crippen molar-refractivity contribution in [1.29, 1.82) is 0 Å². The molecule has 3 nitrogen and oxygen atoms in total. The van der Waals surface area contributed by atoms with Gasteiger partial charge in [0.05, 0.1) is 19.4 Å². The molecule has 1 unspecified atom stereocenters. The van der Waals surface area contributed by atoms with Gasteiger partial charge in [0, 0.05) is 5.69 Å². The van der Waals surface area contributed by atoms with Crippen LogP contribution in [-0.2, 0) is 11.3 Å². The average molecular weight is 219 g/mol. The lowest BCUT2D eigenvalue weighted by Crippen LogP contribution is -2.22. The third-order valence-corrected chi connectivity index (χ3v) is 2.67. The lowest BCUT2D eigenvalue weighted by molar-refractivity contribution is 0.135. The van der Waals surface area contributed by atoms with Crippen molar-refractivity contribution in [1.82, 2.24) is 0 Å². The van der Waals surface area contributed by atoms with E-state index >= 15 is 0 Å². The fourth-order valence-corrected chi connectivity index (χ4v) is 1.75. The summed E-state index contributed by atoms with van der Waals surface area (Å²) in [7, 11) is 0. The first kappa shape index (κ1) is 11.0. The molecule has 86 valence electrons. The second-order valence-corrected chi connectivity index (χ2v) is 3.95. The van der Waals surface area contributed by atoms with E-state index in [1.807, 2.05) is 30.3 Å². The van der Waals surface area contributed by atoms with Crippen LogP contribution in [-0.4, -0.2) is 17.8 Å². The second kappa shape index (κ2) is 5.56. The van der Waals surface area contributed by atoms with Gasteiger partial charge in [-0.2, -0.15) is 0 Å². The van der Waals surface area contributed by atoms with Crippen molar-refractivity contribution in [2.24, 2.45) is 0 Å². The van der Waals surface area contributed by atoms with E-state index in [0.29, 0.717) is 0 Å². The highest BCUT2D eigenvalue weighted by atomic mass is 16.5. The molecule has 3 heteroatoms. The maximum Gasteiger partial charge on any atom is 0.115 e. The van der Waals surface area contributed by atoms with Gasteiger partial charge in [0.25, 0.3) is 0 Å². The van der Waals surface area contributed by atoms with Crippen molar-refractivity contribution in [2.75, 3.05) is 11.9 Å². The van der Waals surface area contributed by atoms with Crippen LogP contribution in [0.25, 0.3) is 0 Å². The van der Waals surface area contributed by atoms with Crippen LogP contribution in [0.15, 0.2) is 36.6 Å². The molecule has 0 radical (unpaired) electrons. The zero-order chi connectivity index (χ0) is 11.2. The normalized spacial score (nSPS) is 19.2. The van der Waals surface area contributed by atoms with E-state index in [9.17, 15) is 0 Å². The summed E-state index contributed by atoms with van der Waals surface area (Å²) in [5, 5.41) is 12.3. The Bertz CT molecular complexity index is 363. The summed E-state index contributed by atoms with van der Waals surface area (Å²) in [4.78, 5) is 0. The van der Waals surface area contributed by atoms with Gasteiger partial charge in [-0.25, -0.2) is 0 Å². The Morgan fingerprint density at radius 2 is 2.38 bits per heavy atom. The summed E-state index contributed by atoms with van der Waals surface area (Å²) in [6.07, 6.45) is 6.22. The smallest absolute Gasteiger partial charge is 0.115 e. The molecule has 0 saturated heterocycles. The van der Waals surface area contributed by atoms with Gasteiger partial charge >= 0.3 is 0 Å². The average Bonchev–Trinajstić information content (AvgIpc) is 2.38. The molecule has 0 spiro atoms. The van der Waals surface area contributed by atoms with Gasteiger partial charge in [-0.05, 0) is 36.6 Å². The summed E-state index contributed by atoms with van der Waals surface area (Å²) in [6.45, 7) is 0.886. The molecule has 2 N–H and O–H groups in total. The van der Waals surface area contributed by atoms with Crippen LogP contribution in [0.5, 0.6) is 0 Å². The molecule has 0 aliphatic carbocycles. The Labute approximate surface area is 95.7 Å². The zero-order valence-corrected chi connectivity index (χ0v) is 9.23. The molecular formula is C13H17NO2. The van der Waals surface area contributed by atoms with Crippen molar-refractivity contribution in [2.45, 2.75) is 25.6 Å². The Balaban J connectivity index is 1.86. The van der Waals surface area contributed by atoms with E-state index in [-0.39, 0.29) is 12.7 Å². The van der Waals surface area contributed by atoms with Gasteiger partial charge in [-0.15, -0.1) is 0 Å². The number of anilines is 1. The van der Waals surface area contributed by atoms with E-state index in [1.54, 1.807) is 6.26 Å². The maximum absolute atomic E-state index is 9.02. The van der Waals surface area contributed by atoms with Crippen LogP contribution >= 0.6 is 0 Å². The van der Waals surface area contributed by atoms with E-state index in [2.05, 4.69) is 5.32 Å². The molecular weight excluding hydrogens is 202 g/mol. The fraction of sp³-hybridized carbons (Fsp3) is 0.385. The molecule has 0 saturated carbocycles. The third-order valence-electron chi connectivity index (χ3n) is 2.67. The first-order valence-electron chi connectivity index (χ1n) is 5.62. The maximum atomic E-state index is 9.02. The molecule has 1 aliphatic rings. The van der Waals surface area contributed by atoms with Gasteiger partial charge in [0.1, 0.15) is 6.10 Å². The Morgan fingerprint density at radius 1 is 1.44 bits per heavy atom. The first-order valence-corrected chi connectivity index (χ1v) is 5.62. The molecule has 0 bridgehead atoms. The largest absolute Gasteiger partial charge is 0.497 e. The van der Waals surface area contributed by atoms with Gasteiger partial charge in [-0.1, -0.05) is 12.1 Å². The number of aliphatic hydroxyl groups is 1. The number of allylic oxidation sites excluding steroid dienone is 1. The molecule has 1 aliphatic heterocycles. The molecule has 1 aromatic carbocycles. The summed E-state index contributed by atoms with van der Waals surface area (Å²) >= 11 is 0. The molecule has 2 rings (SSSR count). The first-order chi connectivity index (χ1) is 7.88. The van der Waals surface area contributed by atoms with Crippen molar-refractivity contribution in [3.8, 4) is 0 Å². The van der Waals surface area contributed by atoms with Gasteiger partial charge in [0.15, 0.2) is 0 Å². The molecule has 0 aromatic heterocycles. The van der Waals surface area contributed by atoms with Crippen molar-refractivity contribution in [3.63, 3.8) is 0 Å². The quantitative estimate of drug-likeness (QED) is 0.816. The monoisotopic (exact) mass is 219 g/mol. The Kier molecular flexibility index (Phi) is 3.83. The number of aliphatic hydroxyl groups excluding tert-OH is 1. The standard InChI is InChI=1S/C13H17NO2/c15-10-11-4-3-5-12(8-11)14-9-13-6-1-2-7-16-13/h2-5,7-8,13-15H,1,6,9-10H2. The van der Waals surface area contributed by atoms with Crippen molar-refractivity contribution in [3.05, 3.63) is 42.2 Å². The summed E-state index contributed by atoms with van der Waals surface area (Å²) in [5.74, 6) is 0. The van der Waals surface area contributed by atoms with Crippen LogP contribution in [0.2, 0.25) is 0 Å². The molecule has 16 heavy (non-hydrogen) atoms. The third kappa shape index (κ3) is 3.00. The Morgan fingerprint density at radius 3 is 3.12 bits per heavy atom. The predicted octanol–water partition coefficient (Wildman–Crippen LogP) is 2.28. The number of hydrogen-bond donors (Lipinski definition) is 2. The lowest BCUT2D eigenvalue weighted by Gasteiger charge is -2.20. The predicted molar refractivity (Wildman–Crippen MR) is 64.1 cm³/mol. The summed E-state index contributed by atoms with van der Waals surface area (Å²) in [6, 6.07) is 7.80. The number of benzene rings is 1. The van der Waals surface area contributed by atoms with E-state index in [1.165, 1.54) is 0 Å². The van der Waals surface area contributed by atoms with Gasteiger partial charge in [0.2, 0.25) is 0 Å². The van der Waals surface area contributed by atoms with Crippen molar-refractivity contribution < 1.29 is 9.84 Å². The zero-order valence-electron chi connectivity index (χ0n) is 9.23. The van der Waals surface area contributed by atoms with E-state index < -0.39 is 0 Å². The van der Waals surface area contributed by atoms with Crippen molar-refractivity contribution >= 4 is 5.69 Å². The van der Waals surface area contributed by atoms with Crippen LogP contribution in [0, 0.1) is 0 Å². The van der Waals surface area contributed by atoms with E-state index in [4.69, 9.17) is 9.84 Å². The van der Waals surface area contributed by atoms with Crippen LogP contribution in [0.4, 0.5) is 5.69 Å². The van der Waals surface area contributed by atoms with Crippen LogP contribution < -0.4 is 5.32 Å². The number of rotatable bonds is 4. The highest BCUT2D eigenvalue weighted by Gasteiger charge is 2.10.